The van der Waals surface area contributed by atoms with E-state index in [1.54, 1.807) is 12.1 Å². The Labute approximate surface area is 308 Å². The van der Waals surface area contributed by atoms with Gasteiger partial charge in [0.1, 0.15) is 0 Å². The molecular weight excluding hydrogens is 653 g/mol. The van der Waals surface area contributed by atoms with Crippen molar-refractivity contribution in [1.82, 2.24) is 10.2 Å². The van der Waals surface area contributed by atoms with Gasteiger partial charge in [0.05, 0.1) is 17.1 Å². The molecule has 0 bridgehead atoms. The fraction of sp³-hybridized carbons (Fsp3) is 0.705. The third kappa shape index (κ3) is 6.04. The van der Waals surface area contributed by atoms with E-state index in [1.807, 2.05) is 12.1 Å². The van der Waals surface area contributed by atoms with E-state index in [4.69, 9.17) is 0 Å². The molecule has 4 saturated carbocycles. The monoisotopic (exact) mass is 716 g/mol. The van der Waals surface area contributed by atoms with Crippen LogP contribution in [0.15, 0.2) is 54.1 Å². The summed E-state index contributed by atoms with van der Waals surface area (Å²) >= 11 is 0. The van der Waals surface area contributed by atoms with Crippen LogP contribution >= 0.6 is 0 Å². The first-order valence-electron chi connectivity index (χ1n) is 20.0. The molecule has 1 heterocycles. The van der Waals surface area contributed by atoms with Crippen molar-refractivity contribution in [2.75, 3.05) is 37.7 Å². The van der Waals surface area contributed by atoms with Gasteiger partial charge >= 0.3 is 5.97 Å². The van der Waals surface area contributed by atoms with Crippen LogP contribution < -0.4 is 5.32 Å². The third-order valence-corrected chi connectivity index (χ3v) is 18.3. The van der Waals surface area contributed by atoms with Gasteiger partial charge in [-0.25, -0.2) is 13.2 Å². The van der Waals surface area contributed by atoms with Crippen LogP contribution in [0.4, 0.5) is 0 Å². The number of hydrogen-bond acceptors (Lipinski definition) is 5. The van der Waals surface area contributed by atoms with Crippen molar-refractivity contribution in [3.05, 3.63) is 65.3 Å². The number of rotatable bonds is 8. The molecule has 7 heteroatoms. The number of carboxylic acid groups (broad SMARTS) is 1. The molecule has 1 aromatic rings. The molecule has 0 amide bonds. The highest BCUT2D eigenvalue weighted by molar-refractivity contribution is 7.91. The van der Waals surface area contributed by atoms with Crippen LogP contribution in [-0.2, 0) is 9.84 Å². The molecule has 5 fully saturated rings. The average Bonchev–Trinajstić information content (AvgIpc) is 3.45. The summed E-state index contributed by atoms with van der Waals surface area (Å²) in [7, 11) is -2.86. The number of nitrogens with one attached hydrogen (secondary N) is 1. The van der Waals surface area contributed by atoms with Crippen molar-refractivity contribution in [3.8, 4) is 0 Å². The minimum Gasteiger partial charge on any atom is -0.478 e. The van der Waals surface area contributed by atoms with Crippen LogP contribution in [-0.4, -0.2) is 67.6 Å². The smallest absolute Gasteiger partial charge is 0.335 e. The number of aromatic carboxylic acids is 1. The molecule has 0 aromatic heterocycles. The molecule has 0 radical (unpaired) electrons. The van der Waals surface area contributed by atoms with Crippen molar-refractivity contribution >= 4 is 21.9 Å². The molecule has 1 aromatic carbocycles. The summed E-state index contributed by atoms with van der Waals surface area (Å²) in [6.07, 6.45) is 18.3. The highest BCUT2D eigenvalue weighted by atomic mass is 32.2. The number of benzene rings is 1. The topological polar surface area (TPSA) is 86.7 Å². The molecule has 0 unspecified atom stereocenters. The molecule has 6 nitrogen and oxygen atoms in total. The lowest BCUT2D eigenvalue weighted by Crippen LogP contribution is -2.68. The Morgan fingerprint density at radius 2 is 1.63 bits per heavy atom. The van der Waals surface area contributed by atoms with Gasteiger partial charge in [-0.2, -0.15) is 0 Å². The number of nitrogens with zero attached hydrogens (tertiary/aromatic N) is 1. The van der Waals surface area contributed by atoms with Gasteiger partial charge in [0, 0.05) is 31.7 Å². The molecule has 280 valence electrons. The summed E-state index contributed by atoms with van der Waals surface area (Å²) in [6, 6.07) is 7.21. The van der Waals surface area contributed by atoms with Crippen LogP contribution in [0.25, 0.3) is 6.08 Å². The van der Waals surface area contributed by atoms with Crippen LogP contribution in [0.2, 0.25) is 0 Å². The van der Waals surface area contributed by atoms with E-state index in [-0.39, 0.29) is 27.2 Å². The maximum atomic E-state index is 12.0. The van der Waals surface area contributed by atoms with Crippen LogP contribution in [0.5, 0.6) is 0 Å². The maximum Gasteiger partial charge on any atom is 0.335 e. The first kappa shape index (κ1) is 37.1. The average molecular weight is 717 g/mol. The van der Waals surface area contributed by atoms with E-state index >= 15 is 0 Å². The van der Waals surface area contributed by atoms with Crippen molar-refractivity contribution < 1.29 is 18.3 Å². The Kier molecular flexibility index (Phi) is 9.44. The number of fused-ring (bicyclic) bond motifs is 7. The summed E-state index contributed by atoms with van der Waals surface area (Å²) in [5, 5.41) is 13.5. The molecule has 2 N–H and O–H groups in total. The van der Waals surface area contributed by atoms with Gasteiger partial charge in [0.2, 0.25) is 0 Å². The van der Waals surface area contributed by atoms with E-state index < -0.39 is 15.8 Å². The normalized spacial score (nSPS) is 41.5. The van der Waals surface area contributed by atoms with E-state index in [9.17, 15) is 18.3 Å². The molecule has 1 saturated heterocycles. The van der Waals surface area contributed by atoms with Crippen molar-refractivity contribution in [2.24, 2.45) is 51.2 Å². The molecule has 0 spiro atoms. The zero-order valence-corrected chi connectivity index (χ0v) is 33.1. The third-order valence-electron chi connectivity index (χ3n) is 16.7. The highest BCUT2D eigenvalue weighted by Gasteiger charge is 2.70. The second-order valence-corrected chi connectivity index (χ2v) is 21.4. The minimum absolute atomic E-state index is 0.0598. The molecule has 6 aliphatic rings. The summed E-state index contributed by atoms with van der Waals surface area (Å²) < 4.78 is 24.1. The van der Waals surface area contributed by atoms with Gasteiger partial charge in [-0.1, -0.05) is 77.1 Å². The van der Waals surface area contributed by atoms with E-state index in [2.05, 4.69) is 76.6 Å². The number of sulfone groups is 1. The van der Waals surface area contributed by atoms with Crippen LogP contribution in [0.1, 0.15) is 115 Å². The van der Waals surface area contributed by atoms with Crippen LogP contribution in [0, 0.1) is 51.2 Å². The second-order valence-electron chi connectivity index (χ2n) is 19.1. The quantitative estimate of drug-likeness (QED) is 0.262. The molecule has 1 aliphatic heterocycles. The lowest BCUT2D eigenvalue weighted by molar-refractivity contribution is -0.221. The zero-order valence-electron chi connectivity index (χ0n) is 32.3. The second kappa shape index (κ2) is 13.0. The molecule has 9 atom stereocenters. The van der Waals surface area contributed by atoms with Gasteiger partial charge in [0.25, 0.3) is 0 Å². The SMILES string of the molecule is C=C(C)[C@@H]1CC[C@]2(NCCN3CCS(=O)(=O)CC3)CC[C@]3(C)[C@H](CC[C@@H]4[C@@]5(C)CC=C(/C=C/c6ccc(C(=O)O)cc6)C(C)(C)[C@@H]5CC[C@]43C)[C@@H]12. The standard InChI is InChI=1S/C44H64N2O4S/c1-30(2)34-17-21-44(45-24-25-46-26-28-51(49,50)29-27-46)23-22-42(6)35(38(34)44)14-15-37-41(5)19-16-33(40(3,4)36(41)18-20-43(37,42)7)13-10-31-8-11-32(12-9-31)39(47)48/h8-13,16,34-38,45H,1,14-15,17-29H2,2-7H3,(H,47,48)/b13-10+/t34-,35+,36-,37+,38+,41-,42+,43+,44-/m0/s1. The highest BCUT2D eigenvalue weighted by Crippen LogP contribution is 2.76. The van der Waals surface area contributed by atoms with Gasteiger partial charge < -0.3 is 15.3 Å². The molecular formula is C44H64N2O4S. The number of hydrogen-bond donors (Lipinski definition) is 2. The van der Waals surface area contributed by atoms with E-state index in [1.165, 1.54) is 62.5 Å². The Bertz CT molecular complexity index is 1700. The van der Waals surface area contributed by atoms with E-state index in [0.29, 0.717) is 59.7 Å². The molecule has 51 heavy (non-hydrogen) atoms. The van der Waals surface area contributed by atoms with Crippen LogP contribution in [0.3, 0.4) is 0 Å². The molecule has 7 rings (SSSR count). The lowest BCUT2D eigenvalue weighted by Gasteiger charge is -2.72. The number of allylic oxidation sites excluding steroid dienone is 4. The predicted octanol–water partition coefficient (Wildman–Crippen LogP) is 8.66. The predicted molar refractivity (Wildman–Crippen MR) is 208 cm³/mol. The summed E-state index contributed by atoms with van der Waals surface area (Å²) in [6.45, 7) is 23.1. The Morgan fingerprint density at radius 1 is 0.922 bits per heavy atom. The number of carbonyl (C=O) groups is 1. The van der Waals surface area contributed by atoms with Crippen molar-refractivity contribution in [2.45, 2.75) is 105 Å². The van der Waals surface area contributed by atoms with Gasteiger partial charge in [0.15, 0.2) is 9.84 Å². The summed E-state index contributed by atoms with van der Waals surface area (Å²) in [4.78, 5) is 13.7. The van der Waals surface area contributed by atoms with Gasteiger partial charge in [-0.05, 0) is 139 Å². The fourth-order valence-corrected chi connectivity index (χ4v) is 15.0. The Hall–Kier alpha value is -2.22. The van der Waals surface area contributed by atoms with Gasteiger partial charge in [-0.15, -0.1) is 0 Å². The van der Waals surface area contributed by atoms with Gasteiger partial charge in [-0.3, -0.25) is 0 Å². The maximum absolute atomic E-state index is 12.0. The van der Waals surface area contributed by atoms with Crippen molar-refractivity contribution in [3.63, 3.8) is 0 Å². The first-order valence-corrected chi connectivity index (χ1v) is 21.8. The minimum atomic E-state index is -2.86. The fourth-order valence-electron chi connectivity index (χ4n) is 13.7. The van der Waals surface area contributed by atoms with Crippen molar-refractivity contribution in [1.29, 1.82) is 0 Å². The zero-order chi connectivity index (χ0) is 36.6. The Balaban J connectivity index is 1.12. The van der Waals surface area contributed by atoms with E-state index in [0.717, 1.165) is 25.1 Å². The summed E-state index contributed by atoms with van der Waals surface area (Å²) in [5.41, 5.74) is 5.20. The Morgan fingerprint density at radius 3 is 2.29 bits per heavy atom. The first-order chi connectivity index (χ1) is 24.0. The lowest BCUT2D eigenvalue weighted by atomic mass is 9.33. The largest absolute Gasteiger partial charge is 0.478 e. The number of carboxylic acids is 1. The molecule has 5 aliphatic carbocycles. The summed E-state index contributed by atoms with van der Waals surface area (Å²) in [5.74, 6) is 2.89.